The van der Waals surface area contributed by atoms with Crippen molar-refractivity contribution < 1.29 is 46.6 Å². The number of benzene rings is 3. The first-order chi connectivity index (χ1) is 31.1. The highest BCUT2D eigenvalue weighted by atomic mass is 19.3. The Hall–Kier alpha value is -6.53. The first-order valence-corrected chi connectivity index (χ1v) is 21.6. The number of anilines is 2. The minimum Gasteiger partial charge on any atom is -0.493 e. The number of piperidine rings is 2. The number of piperazine rings is 1. The highest BCUT2D eigenvalue weighted by molar-refractivity contribution is 6.23. The molecule has 0 saturated carbocycles. The minimum absolute atomic E-state index is 0.0247. The Morgan fingerprint density at radius 1 is 0.923 bits per heavy atom. The second kappa shape index (κ2) is 18.2. The summed E-state index contributed by atoms with van der Waals surface area (Å²) < 4.78 is 64.3. The quantitative estimate of drug-likeness (QED) is 0.0984. The van der Waals surface area contributed by atoms with Crippen LogP contribution >= 0.6 is 0 Å². The van der Waals surface area contributed by atoms with Crippen LogP contribution in [0.1, 0.15) is 70.5 Å². The summed E-state index contributed by atoms with van der Waals surface area (Å²) in [4.78, 5) is 62.8. The smallest absolute Gasteiger partial charge is 0.275 e. The first-order valence-electron chi connectivity index (χ1n) is 21.6. The average molecular weight is 897 g/mol. The molecule has 18 heteroatoms. The molecule has 5 heterocycles. The molecule has 65 heavy (non-hydrogen) atoms. The third-order valence-corrected chi connectivity index (χ3v) is 12.8. The molecule has 3 N–H and O–H groups in total. The third-order valence-electron chi connectivity index (χ3n) is 12.8. The number of carbonyl (C=O) groups is 4. The number of imide groups is 2. The van der Waals surface area contributed by atoms with Gasteiger partial charge in [-0.3, -0.25) is 39.2 Å². The van der Waals surface area contributed by atoms with Crippen LogP contribution in [0, 0.1) is 16.6 Å². The Labute approximate surface area is 374 Å². The molecule has 1 aromatic heterocycles. The largest absolute Gasteiger partial charge is 0.493 e. The molecule has 3 saturated heterocycles. The third kappa shape index (κ3) is 8.84. The lowest BCUT2D eigenvalue weighted by atomic mass is 9.74. The molecule has 3 fully saturated rings. The van der Waals surface area contributed by atoms with E-state index in [4.69, 9.17) is 19.6 Å². The number of nitrogens with zero attached hydrogens (tertiary/aromatic N) is 5. The number of methoxy groups -OCH3 is 1. The molecule has 0 bridgehead atoms. The number of carbonyl (C=O) groups excluding carboxylic acids is 4. The Bertz CT molecular complexity index is 2530. The lowest BCUT2D eigenvalue weighted by Gasteiger charge is -2.46. The van der Waals surface area contributed by atoms with Gasteiger partial charge in [-0.15, -0.1) is 0 Å². The molecule has 2 unspecified atom stereocenters. The van der Waals surface area contributed by atoms with E-state index in [2.05, 4.69) is 15.6 Å². The molecule has 4 aromatic rings. The van der Waals surface area contributed by atoms with Crippen LogP contribution in [0.25, 0.3) is 0 Å². The molecular formula is C47H51F3N8O7. The van der Waals surface area contributed by atoms with Crippen LogP contribution in [-0.4, -0.2) is 121 Å². The van der Waals surface area contributed by atoms with Crippen LogP contribution in [0.15, 0.2) is 66.9 Å². The average Bonchev–Trinajstić information content (AvgIpc) is 3.53. The zero-order chi connectivity index (χ0) is 46.2. The summed E-state index contributed by atoms with van der Waals surface area (Å²) >= 11 is 0. The number of fused-ring (bicyclic) bond motifs is 1. The van der Waals surface area contributed by atoms with Gasteiger partial charge in [0, 0.05) is 76.3 Å². The van der Waals surface area contributed by atoms with Gasteiger partial charge >= 0.3 is 0 Å². The summed E-state index contributed by atoms with van der Waals surface area (Å²) in [7, 11) is 3.14. The Morgan fingerprint density at radius 3 is 2.34 bits per heavy atom. The Morgan fingerprint density at radius 2 is 1.66 bits per heavy atom. The van der Waals surface area contributed by atoms with Gasteiger partial charge in [0.1, 0.15) is 11.6 Å². The number of aromatic nitrogens is 1. The number of pyridine rings is 1. The van der Waals surface area contributed by atoms with E-state index >= 15 is 13.2 Å². The van der Waals surface area contributed by atoms with Crippen molar-refractivity contribution in [2.24, 2.45) is 5.41 Å². The summed E-state index contributed by atoms with van der Waals surface area (Å²) in [6, 6.07) is 15.1. The van der Waals surface area contributed by atoms with Gasteiger partial charge in [0.15, 0.2) is 23.1 Å². The topological polar surface area (TPSA) is 170 Å². The van der Waals surface area contributed by atoms with Crippen LogP contribution in [-0.2, 0) is 22.7 Å². The maximum absolute atomic E-state index is 16.0. The molecule has 342 valence electrons. The van der Waals surface area contributed by atoms with Gasteiger partial charge in [0.05, 0.1) is 55.1 Å². The number of alkyl halides is 2. The molecule has 8 rings (SSSR count). The molecule has 4 aliphatic rings. The van der Waals surface area contributed by atoms with Crippen molar-refractivity contribution in [3.8, 4) is 23.0 Å². The van der Waals surface area contributed by atoms with Crippen LogP contribution in [0.3, 0.4) is 0 Å². The van der Waals surface area contributed by atoms with Crippen molar-refractivity contribution in [3.05, 3.63) is 100 Å². The van der Waals surface area contributed by atoms with Crippen LogP contribution < -0.4 is 29.7 Å². The summed E-state index contributed by atoms with van der Waals surface area (Å²) in [6.45, 7) is 5.46. The molecule has 4 aliphatic heterocycles. The van der Waals surface area contributed by atoms with Gasteiger partial charge in [0.2, 0.25) is 11.8 Å². The SMILES string of the molecule is CCOc1cc(CN2C(=O)c3ccnc(N4CCN(C5CCN(Cc6ccc(Oc7cc(NC)c(C(=N)C8(C)CCC(=O)NC8=O)cc7F)cc6)CC5(F)F)CC4)c3C2=O)ccc1OC. The van der Waals surface area contributed by atoms with E-state index in [1.54, 1.807) is 61.3 Å². The van der Waals surface area contributed by atoms with Gasteiger partial charge < -0.3 is 29.8 Å². The van der Waals surface area contributed by atoms with Crippen molar-refractivity contribution in [2.45, 2.75) is 58.2 Å². The number of likely N-dealkylation sites (tertiary alicyclic amines) is 1. The highest BCUT2D eigenvalue weighted by Crippen LogP contribution is 2.39. The number of hydrogen-bond acceptors (Lipinski definition) is 13. The number of hydrogen-bond donors (Lipinski definition) is 3. The number of amides is 4. The van der Waals surface area contributed by atoms with Gasteiger partial charge in [0.25, 0.3) is 17.7 Å². The maximum Gasteiger partial charge on any atom is 0.275 e. The van der Waals surface area contributed by atoms with E-state index in [1.165, 1.54) is 30.3 Å². The fourth-order valence-electron chi connectivity index (χ4n) is 9.13. The van der Waals surface area contributed by atoms with E-state index < -0.39 is 53.4 Å². The Balaban J connectivity index is 0.855. The van der Waals surface area contributed by atoms with Gasteiger partial charge in [-0.05, 0) is 74.2 Å². The number of ether oxygens (including phenoxy) is 3. The van der Waals surface area contributed by atoms with E-state index in [1.807, 2.05) is 16.7 Å². The van der Waals surface area contributed by atoms with Gasteiger partial charge in [-0.25, -0.2) is 18.2 Å². The molecule has 0 spiro atoms. The van der Waals surface area contributed by atoms with Crippen molar-refractivity contribution in [1.82, 2.24) is 25.0 Å². The standard InChI is InChI=1S/C47H51F3N8O7/c1-5-64-37-22-29(8-11-35(37)63-4)26-58-43(60)31-13-16-53-42(40(31)44(58)61)57-20-18-56(19-21-57)38-14-17-55(27-47(38,49)50)25-28-6-9-30(10-7-28)65-36-24-34(52-3)32(23-33(36)48)41(51)46(2)15-12-39(59)54-45(46)62/h6-11,13,16,22-24,38,51-52H,5,12,14-15,17-21,25-27H2,1-4H3,(H,54,59,62). The second-order valence-electron chi connectivity index (χ2n) is 16.9. The highest BCUT2D eigenvalue weighted by Gasteiger charge is 2.49. The van der Waals surface area contributed by atoms with Crippen LogP contribution in [0.2, 0.25) is 0 Å². The predicted octanol–water partition coefficient (Wildman–Crippen LogP) is 6.10. The number of halogens is 3. The van der Waals surface area contributed by atoms with Crippen molar-refractivity contribution in [2.75, 3.05) is 70.2 Å². The molecule has 0 radical (unpaired) electrons. The zero-order valence-electron chi connectivity index (χ0n) is 36.6. The predicted molar refractivity (Wildman–Crippen MR) is 235 cm³/mol. The van der Waals surface area contributed by atoms with E-state index in [0.29, 0.717) is 73.6 Å². The number of nitrogens with one attached hydrogen (secondary N) is 3. The van der Waals surface area contributed by atoms with Crippen molar-refractivity contribution in [1.29, 1.82) is 5.41 Å². The molecular weight excluding hydrogens is 846 g/mol. The van der Waals surface area contributed by atoms with Gasteiger partial charge in [-0.1, -0.05) is 18.2 Å². The van der Waals surface area contributed by atoms with E-state index in [9.17, 15) is 19.2 Å². The lowest BCUT2D eigenvalue weighted by molar-refractivity contribution is -0.138. The van der Waals surface area contributed by atoms with Gasteiger partial charge in [-0.2, -0.15) is 0 Å². The van der Waals surface area contributed by atoms with Crippen LogP contribution in [0.5, 0.6) is 23.0 Å². The van der Waals surface area contributed by atoms with Crippen molar-refractivity contribution >= 4 is 40.8 Å². The summed E-state index contributed by atoms with van der Waals surface area (Å²) in [5.41, 5.74) is 0.995. The van der Waals surface area contributed by atoms with Crippen molar-refractivity contribution in [3.63, 3.8) is 0 Å². The molecule has 2 atom stereocenters. The fraction of sp³-hybridized carbons (Fsp3) is 0.404. The second-order valence-corrected chi connectivity index (χ2v) is 16.9. The van der Waals surface area contributed by atoms with E-state index in [-0.39, 0.29) is 60.5 Å². The summed E-state index contributed by atoms with van der Waals surface area (Å²) in [5.74, 6) is -4.08. The molecule has 0 aliphatic carbocycles. The normalized spacial score (nSPS) is 21.2. The molecule has 15 nitrogen and oxygen atoms in total. The number of rotatable bonds is 14. The maximum atomic E-state index is 16.0. The lowest BCUT2D eigenvalue weighted by Crippen LogP contribution is -2.61. The molecule has 4 amide bonds. The monoisotopic (exact) mass is 896 g/mol. The van der Waals surface area contributed by atoms with Crippen LogP contribution in [0.4, 0.5) is 24.7 Å². The first kappa shape index (κ1) is 45.1. The zero-order valence-corrected chi connectivity index (χ0v) is 36.6. The Kier molecular flexibility index (Phi) is 12.6. The van der Waals surface area contributed by atoms with E-state index in [0.717, 1.165) is 11.6 Å². The summed E-state index contributed by atoms with van der Waals surface area (Å²) in [5, 5.41) is 14.0. The minimum atomic E-state index is -3.01. The fourth-order valence-corrected chi connectivity index (χ4v) is 9.13. The summed E-state index contributed by atoms with van der Waals surface area (Å²) in [6.07, 6.45) is 1.93. The molecule has 3 aromatic carbocycles.